The molecule has 0 aliphatic carbocycles. The van der Waals surface area contributed by atoms with E-state index in [4.69, 9.17) is 10.5 Å². The number of H-pyrrole nitrogens is 1. The molecule has 0 aromatic carbocycles. The molecule has 1 aliphatic rings. The molecule has 1 saturated heterocycles. The zero-order valence-corrected chi connectivity index (χ0v) is 13.3. The van der Waals surface area contributed by atoms with Gasteiger partial charge in [-0.1, -0.05) is 0 Å². The van der Waals surface area contributed by atoms with Crippen molar-refractivity contribution in [1.29, 1.82) is 0 Å². The van der Waals surface area contributed by atoms with E-state index >= 15 is 0 Å². The van der Waals surface area contributed by atoms with Gasteiger partial charge in [-0.25, -0.2) is 4.79 Å². The van der Waals surface area contributed by atoms with Gasteiger partial charge in [0.2, 0.25) is 5.91 Å². The third-order valence-electron chi connectivity index (χ3n) is 3.24. The summed E-state index contributed by atoms with van der Waals surface area (Å²) in [5.41, 5.74) is 5.36. The summed E-state index contributed by atoms with van der Waals surface area (Å²) in [6.07, 6.45) is -0.145. The second kappa shape index (κ2) is 6.25. The number of hydrogen-bond acceptors (Lipinski definition) is 5. The van der Waals surface area contributed by atoms with Crippen molar-refractivity contribution >= 4 is 17.8 Å². The van der Waals surface area contributed by atoms with E-state index in [2.05, 4.69) is 15.1 Å². The highest BCUT2D eigenvalue weighted by Gasteiger charge is 2.26. The molecule has 1 aromatic heterocycles. The van der Waals surface area contributed by atoms with Crippen LogP contribution in [0.3, 0.4) is 0 Å². The van der Waals surface area contributed by atoms with Crippen molar-refractivity contribution in [2.75, 3.05) is 31.1 Å². The number of rotatable bonds is 3. The first-order valence-corrected chi connectivity index (χ1v) is 7.30. The fraction of sp³-hybridized carbons (Fsp3) is 0.643. The Labute approximate surface area is 129 Å². The molecule has 8 nitrogen and oxygen atoms in total. The van der Waals surface area contributed by atoms with Gasteiger partial charge in [-0.15, -0.1) is 0 Å². The highest BCUT2D eigenvalue weighted by molar-refractivity contribution is 5.76. The van der Waals surface area contributed by atoms with Crippen molar-refractivity contribution in [2.24, 2.45) is 5.73 Å². The van der Waals surface area contributed by atoms with Gasteiger partial charge >= 0.3 is 6.09 Å². The maximum atomic E-state index is 12.0. The third-order valence-corrected chi connectivity index (χ3v) is 3.24. The van der Waals surface area contributed by atoms with Gasteiger partial charge in [0.05, 0.1) is 6.42 Å². The second-order valence-corrected chi connectivity index (χ2v) is 6.35. The molecule has 1 aliphatic heterocycles. The van der Waals surface area contributed by atoms with Crippen molar-refractivity contribution in [3.8, 4) is 0 Å². The van der Waals surface area contributed by atoms with E-state index in [1.165, 1.54) is 0 Å². The molecule has 1 fully saturated rings. The fourth-order valence-corrected chi connectivity index (χ4v) is 2.23. The molecule has 0 saturated carbocycles. The number of anilines is 1. The van der Waals surface area contributed by atoms with Crippen LogP contribution in [-0.2, 0) is 16.0 Å². The van der Waals surface area contributed by atoms with Crippen molar-refractivity contribution in [1.82, 2.24) is 15.1 Å². The lowest BCUT2D eigenvalue weighted by Crippen LogP contribution is -2.50. The Hall–Kier alpha value is -2.25. The average molecular weight is 309 g/mol. The number of aromatic nitrogens is 2. The summed E-state index contributed by atoms with van der Waals surface area (Å²) < 4.78 is 5.36. The lowest BCUT2D eigenvalue weighted by Gasteiger charge is -2.35. The number of nitrogens with two attached hydrogens (primary N) is 1. The molecule has 0 radical (unpaired) electrons. The topological polar surface area (TPSA) is 105 Å². The second-order valence-electron chi connectivity index (χ2n) is 6.35. The zero-order valence-electron chi connectivity index (χ0n) is 13.3. The smallest absolute Gasteiger partial charge is 0.410 e. The highest BCUT2D eigenvalue weighted by Crippen LogP contribution is 2.17. The van der Waals surface area contributed by atoms with Crippen LogP contribution in [0.1, 0.15) is 26.5 Å². The normalized spacial score (nSPS) is 15.8. The largest absolute Gasteiger partial charge is 0.444 e. The van der Waals surface area contributed by atoms with Crippen molar-refractivity contribution in [2.45, 2.75) is 32.8 Å². The van der Waals surface area contributed by atoms with E-state index in [1.807, 2.05) is 26.8 Å². The van der Waals surface area contributed by atoms with Crippen LogP contribution in [0.4, 0.5) is 10.6 Å². The molecular formula is C14H23N5O3. The third kappa shape index (κ3) is 4.37. The summed E-state index contributed by atoms with van der Waals surface area (Å²) in [6, 6.07) is 1.81. The van der Waals surface area contributed by atoms with Gasteiger partial charge in [-0.3, -0.25) is 9.89 Å². The minimum Gasteiger partial charge on any atom is -0.444 e. The van der Waals surface area contributed by atoms with E-state index in [-0.39, 0.29) is 12.5 Å². The molecule has 122 valence electrons. The van der Waals surface area contributed by atoms with E-state index in [9.17, 15) is 9.59 Å². The standard InChI is InChI=1S/C14H23N5O3/c1-14(2,3)22-13(21)19-6-4-18(5-7-19)12-9-10(16-17-12)8-11(15)20/h9H,4-8H2,1-3H3,(H2,15,20)(H,16,17). The number of nitrogens with zero attached hydrogens (tertiary/aromatic N) is 3. The zero-order chi connectivity index (χ0) is 16.3. The Morgan fingerprint density at radius 1 is 1.32 bits per heavy atom. The Kier molecular flexibility index (Phi) is 4.58. The van der Waals surface area contributed by atoms with Gasteiger partial charge in [-0.05, 0) is 20.8 Å². The van der Waals surface area contributed by atoms with Crippen LogP contribution in [-0.4, -0.2) is 58.9 Å². The van der Waals surface area contributed by atoms with Crippen LogP contribution in [0.5, 0.6) is 0 Å². The number of piperazine rings is 1. The summed E-state index contributed by atoms with van der Waals surface area (Å²) in [5.74, 6) is 0.366. The van der Waals surface area contributed by atoms with Gasteiger partial charge in [0, 0.05) is 37.9 Å². The molecule has 1 aromatic rings. The lowest BCUT2D eigenvalue weighted by molar-refractivity contribution is -0.117. The van der Waals surface area contributed by atoms with Crippen LogP contribution in [0.25, 0.3) is 0 Å². The van der Waals surface area contributed by atoms with Crippen LogP contribution in [0.2, 0.25) is 0 Å². The van der Waals surface area contributed by atoms with Crippen molar-refractivity contribution in [3.05, 3.63) is 11.8 Å². The SMILES string of the molecule is CC(C)(C)OC(=O)N1CCN(c2cc(CC(N)=O)[nH]n2)CC1. The van der Waals surface area contributed by atoms with Gasteiger partial charge in [0.25, 0.3) is 0 Å². The molecule has 0 bridgehead atoms. The van der Waals surface area contributed by atoms with Gasteiger partial charge in [0.15, 0.2) is 5.82 Å². The van der Waals surface area contributed by atoms with Crippen LogP contribution in [0.15, 0.2) is 6.07 Å². The number of nitrogens with one attached hydrogen (secondary N) is 1. The van der Waals surface area contributed by atoms with E-state index in [0.717, 1.165) is 5.82 Å². The lowest BCUT2D eigenvalue weighted by atomic mass is 10.2. The minimum absolute atomic E-state index is 0.144. The molecule has 2 heterocycles. The number of carbonyl (C=O) groups excluding carboxylic acids is 2. The van der Waals surface area contributed by atoms with E-state index in [1.54, 1.807) is 4.90 Å². The maximum absolute atomic E-state index is 12.0. The van der Waals surface area contributed by atoms with Gasteiger partial charge < -0.3 is 20.3 Å². The summed E-state index contributed by atoms with van der Waals surface area (Å²) in [5, 5.41) is 6.98. The Morgan fingerprint density at radius 2 is 1.95 bits per heavy atom. The minimum atomic E-state index is -0.486. The van der Waals surface area contributed by atoms with Gasteiger partial charge in [-0.2, -0.15) is 5.10 Å². The predicted molar refractivity (Wildman–Crippen MR) is 81.5 cm³/mol. The van der Waals surface area contributed by atoms with Crippen molar-refractivity contribution in [3.63, 3.8) is 0 Å². The molecule has 2 amide bonds. The van der Waals surface area contributed by atoms with Crippen LogP contribution < -0.4 is 10.6 Å². The number of amides is 2. The predicted octanol–water partition coefficient (Wildman–Crippen LogP) is 0.495. The number of ether oxygens (including phenoxy) is 1. The Bertz CT molecular complexity index is 541. The van der Waals surface area contributed by atoms with Crippen LogP contribution in [0, 0.1) is 0 Å². The highest BCUT2D eigenvalue weighted by atomic mass is 16.6. The number of carbonyl (C=O) groups is 2. The Balaban J connectivity index is 1.88. The molecule has 0 spiro atoms. The maximum Gasteiger partial charge on any atom is 0.410 e. The van der Waals surface area contributed by atoms with E-state index in [0.29, 0.717) is 31.9 Å². The molecule has 0 unspecified atom stereocenters. The molecule has 22 heavy (non-hydrogen) atoms. The summed E-state index contributed by atoms with van der Waals surface area (Å²) in [6.45, 7) is 8.04. The molecule has 2 rings (SSSR count). The molecule has 8 heteroatoms. The van der Waals surface area contributed by atoms with Crippen LogP contribution >= 0.6 is 0 Å². The molecule has 3 N–H and O–H groups in total. The Morgan fingerprint density at radius 3 is 2.50 bits per heavy atom. The fourth-order valence-electron chi connectivity index (χ4n) is 2.23. The van der Waals surface area contributed by atoms with E-state index < -0.39 is 11.5 Å². The van der Waals surface area contributed by atoms with Gasteiger partial charge in [0.1, 0.15) is 5.60 Å². The molecular weight excluding hydrogens is 286 g/mol. The summed E-state index contributed by atoms with van der Waals surface area (Å²) in [4.78, 5) is 26.6. The first-order valence-electron chi connectivity index (χ1n) is 7.30. The summed E-state index contributed by atoms with van der Waals surface area (Å²) in [7, 11) is 0. The molecule has 0 atom stereocenters. The number of aromatic amines is 1. The number of primary amides is 1. The van der Waals surface area contributed by atoms with Crippen molar-refractivity contribution < 1.29 is 14.3 Å². The monoisotopic (exact) mass is 309 g/mol. The quantitative estimate of drug-likeness (QED) is 0.845. The average Bonchev–Trinajstić information content (AvgIpc) is 2.84. The summed E-state index contributed by atoms with van der Waals surface area (Å²) >= 11 is 0. The number of hydrogen-bond donors (Lipinski definition) is 2. The first kappa shape index (κ1) is 16.1. The first-order chi connectivity index (χ1) is 10.2.